The second-order valence-corrected chi connectivity index (χ2v) is 7.77. The van der Waals surface area contributed by atoms with Gasteiger partial charge in [0.05, 0.1) is 6.54 Å². The van der Waals surface area contributed by atoms with Gasteiger partial charge < -0.3 is 9.47 Å². The Hall–Kier alpha value is -2.16. The topological polar surface area (TPSA) is 93.2 Å². The van der Waals surface area contributed by atoms with Gasteiger partial charge >= 0.3 is 6.09 Å². The Bertz CT molecular complexity index is 732. The van der Waals surface area contributed by atoms with Crippen molar-refractivity contribution in [2.75, 3.05) is 6.54 Å². The molecule has 25 heavy (non-hydrogen) atoms. The lowest BCUT2D eigenvalue weighted by Gasteiger charge is -2.27. The van der Waals surface area contributed by atoms with E-state index in [9.17, 15) is 4.79 Å². The molecular formula is C16H20BrN5O3. The summed E-state index contributed by atoms with van der Waals surface area (Å²) < 4.78 is 12.5. The summed E-state index contributed by atoms with van der Waals surface area (Å²) in [4.78, 5) is 14.2. The third-order valence-corrected chi connectivity index (χ3v) is 4.14. The minimum atomic E-state index is -0.581. The maximum atomic E-state index is 12.6. The first-order valence-corrected chi connectivity index (χ1v) is 8.76. The number of ether oxygens (including phenoxy) is 2. The molecule has 0 radical (unpaired) electrons. The Labute approximate surface area is 154 Å². The van der Waals surface area contributed by atoms with Crippen molar-refractivity contribution in [1.82, 2.24) is 25.5 Å². The van der Waals surface area contributed by atoms with E-state index in [1.165, 1.54) is 0 Å². The molecular weight excluding hydrogens is 390 g/mol. The van der Waals surface area contributed by atoms with Crippen molar-refractivity contribution in [3.05, 3.63) is 34.6 Å². The predicted octanol–water partition coefficient (Wildman–Crippen LogP) is 3.09. The number of hydrogen-bond donors (Lipinski definition) is 1. The Kier molecular flexibility index (Phi) is 4.94. The number of halogens is 1. The normalized spacial score (nSPS) is 20.6. The quantitative estimate of drug-likeness (QED) is 0.836. The first-order chi connectivity index (χ1) is 11.8. The second-order valence-electron chi connectivity index (χ2n) is 6.85. The van der Waals surface area contributed by atoms with Crippen molar-refractivity contribution in [1.29, 1.82) is 0 Å². The van der Waals surface area contributed by atoms with Crippen molar-refractivity contribution in [3.8, 4) is 5.75 Å². The van der Waals surface area contributed by atoms with Crippen LogP contribution in [0.1, 0.15) is 39.1 Å². The summed E-state index contributed by atoms with van der Waals surface area (Å²) >= 11 is 3.43. The first kappa shape index (κ1) is 17.7. The average Bonchev–Trinajstić information content (AvgIpc) is 3.14. The monoisotopic (exact) mass is 409 g/mol. The van der Waals surface area contributed by atoms with Crippen molar-refractivity contribution < 1.29 is 14.3 Å². The number of carbonyl (C=O) groups is 1. The summed E-state index contributed by atoms with van der Waals surface area (Å²) in [6, 6.07) is 7.25. The first-order valence-electron chi connectivity index (χ1n) is 7.97. The minimum absolute atomic E-state index is 0.190. The average molecular weight is 410 g/mol. The van der Waals surface area contributed by atoms with Gasteiger partial charge in [0, 0.05) is 10.9 Å². The van der Waals surface area contributed by atoms with Gasteiger partial charge in [-0.2, -0.15) is 5.21 Å². The van der Waals surface area contributed by atoms with E-state index < -0.39 is 11.7 Å². The molecule has 3 rings (SSSR count). The Morgan fingerprint density at radius 1 is 1.40 bits per heavy atom. The van der Waals surface area contributed by atoms with E-state index in [2.05, 4.69) is 36.6 Å². The van der Waals surface area contributed by atoms with Crippen LogP contribution in [-0.2, 0) is 4.74 Å². The van der Waals surface area contributed by atoms with E-state index in [4.69, 9.17) is 9.47 Å². The summed E-state index contributed by atoms with van der Waals surface area (Å²) in [5.74, 6) is 1.18. The van der Waals surface area contributed by atoms with E-state index in [0.29, 0.717) is 18.8 Å². The van der Waals surface area contributed by atoms with Crippen LogP contribution in [0.3, 0.4) is 0 Å². The molecule has 1 aliphatic rings. The number of carbonyl (C=O) groups excluding carboxylic acids is 1. The molecule has 2 aromatic rings. The number of tetrazole rings is 1. The lowest BCUT2D eigenvalue weighted by Crippen LogP contribution is -2.37. The Morgan fingerprint density at radius 3 is 2.84 bits per heavy atom. The summed E-state index contributed by atoms with van der Waals surface area (Å²) in [5.41, 5.74) is -0.581. The molecule has 0 bridgehead atoms. The highest BCUT2D eigenvalue weighted by Crippen LogP contribution is 2.33. The number of nitrogens with one attached hydrogen (secondary N) is 1. The number of H-pyrrole nitrogens is 1. The van der Waals surface area contributed by atoms with Crippen LogP contribution in [0.5, 0.6) is 5.75 Å². The molecule has 0 saturated carbocycles. The third-order valence-electron chi connectivity index (χ3n) is 3.65. The van der Waals surface area contributed by atoms with Gasteiger partial charge in [-0.1, -0.05) is 27.2 Å². The predicted molar refractivity (Wildman–Crippen MR) is 93.0 cm³/mol. The van der Waals surface area contributed by atoms with E-state index in [1.807, 2.05) is 45.0 Å². The number of likely N-dealkylation sites (tertiary alicyclic amines) is 1. The number of benzene rings is 1. The van der Waals surface area contributed by atoms with Crippen LogP contribution in [0.25, 0.3) is 0 Å². The van der Waals surface area contributed by atoms with Gasteiger partial charge in [-0.15, -0.1) is 10.2 Å². The largest absolute Gasteiger partial charge is 0.488 e. The molecule has 1 N–H and O–H groups in total. The maximum absolute atomic E-state index is 12.6. The van der Waals surface area contributed by atoms with E-state index in [-0.39, 0.29) is 12.1 Å². The van der Waals surface area contributed by atoms with Gasteiger partial charge in [0.2, 0.25) is 0 Å². The Morgan fingerprint density at radius 2 is 2.20 bits per heavy atom. The zero-order chi connectivity index (χ0) is 18.0. The number of rotatable bonds is 3. The molecule has 1 aromatic carbocycles. The standard InChI is InChI=1S/C16H20BrN5O3/c1-16(2,3)25-15(23)22-9-12(8-13(22)14-18-20-21-19-14)24-11-6-4-5-10(17)7-11/h4-7,12-13H,8-9H2,1-3H3,(H,18,19,20,21)/t12-,13-/m0/s1. The van der Waals surface area contributed by atoms with Crippen LogP contribution in [0.2, 0.25) is 0 Å². The summed E-state index contributed by atoms with van der Waals surface area (Å²) in [6.45, 7) is 5.89. The molecule has 0 unspecified atom stereocenters. The van der Waals surface area contributed by atoms with Gasteiger partial charge in [-0.05, 0) is 39.0 Å². The van der Waals surface area contributed by atoms with Crippen LogP contribution in [0.15, 0.2) is 28.7 Å². The summed E-state index contributed by atoms with van der Waals surface area (Å²) in [6.07, 6.45) is -0.0429. The van der Waals surface area contributed by atoms with Gasteiger partial charge in [0.1, 0.15) is 23.5 Å². The number of aromatic amines is 1. The number of aromatic nitrogens is 4. The van der Waals surface area contributed by atoms with Crippen LogP contribution in [0.4, 0.5) is 4.79 Å². The van der Waals surface area contributed by atoms with Gasteiger partial charge in [0.25, 0.3) is 0 Å². The molecule has 0 spiro atoms. The highest BCUT2D eigenvalue weighted by atomic mass is 79.9. The summed E-state index contributed by atoms with van der Waals surface area (Å²) in [5, 5.41) is 14.1. The highest BCUT2D eigenvalue weighted by molar-refractivity contribution is 9.10. The maximum Gasteiger partial charge on any atom is 0.411 e. The molecule has 2 atom stereocenters. The molecule has 134 valence electrons. The number of amides is 1. The van der Waals surface area contributed by atoms with Crippen LogP contribution in [0, 0.1) is 0 Å². The minimum Gasteiger partial charge on any atom is -0.488 e. The molecule has 1 fully saturated rings. The molecule has 9 heteroatoms. The molecule has 1 saturated heterocycles. The van der Waals surface area contributed by atoms with E-state index >= 15 is 0 Å². The fourth-order valence-corrected chi connectivity index (χ4v) is 3.07. The lowest BCUT2D eigenvalue weighted by molar-refractivity contribution is 0.0205. The van der Waals surface area contributed by atoms with Crippen LogP contribution < -0.4 is 4.74 Å². The van der Waals surface area contributed by atoms with Gasteiger partial charge in [0.15, 0.2) is 5.82 Å². The molecule has 8 nitrogen and oxygen atoms in total. The molecule has 1 amide bonds. The van der Waals surface area contributed by atoms with Crippen molar-refractivity contribution in [3.63, 3.8) is 0 Å². The van der Waals surface area contributed by atoms with Gasteiger partial charge in [-0.3, -0.25) is 4.90 Å². The van der Waals surface area contributed by atoms with Crippen molar-refractivity contribution >= 4 is 22.0 Å². The highest BCUT2D eigenvalue weighted by Gasteiger charge is 2.41. The zero-order valence-corrected chi connectivity index (χ0v) is 15.9. The Balaban J connectivity index is 1.77. The fourth-order valence-electron chi connectivity index (χ4n) is 2.69. The molecule has 2 heterocycles. The van der Waals surface area contributed by atoms with Crippen molar-refractivity contribution in [2.45, 2.75) is 44.9 Å². The van der Waals surface area contributed by atoms with Gasteiger partial charge in [-0.25, -0.2) is 4.79 Å². The fraction of sp³-hybridized carbons (Fsp3) is 0.500. The zero-order valence-electron chi connectivity index (χ0n) is 14.3. The van der Waals surface area contributed by atoms with E-state index in [1.54, 1.807) is 4.90 Å². The smallest absolute Gasteiger partial charge is 0.411 e. The van der Waals surface area contributed by atoms with Crippen LogP contribution in [-0.4, -0.2) is 49.9 Å². The molecule has 1 aliphatic heterocycles. The van der Waals surface area contributed by atoms with Crippen LogP contribution >= 0.6 is 15.9 Å². The SMILES string of the molecule is CC(C)(C)OC(=O)N1C[C@@H](Oc2cccc(Br)c2)C[C@H]1c1nn[nH]n1. The number of nitrogens with zero attached hydrogens (tertiary/aromatic N) is 4. The van der Waals surface area contributed by atoms with E-state index in [0.717, 1.165) is 10.2 Å². The summed E-state index contributed by atoms with van der Waals surface area (Å²) in [7, 11) is 0. The number of hydrogen-bond acceptors (Lipinski definition) is 6. The molecule has 0 aliphatic carbocycles. The molecule has 1 aromatic heterocycles. The van der Waals surface area contributed by atoms with Crippen molar-refractivity contribution in [2.24, 2.45) is 0 Å². The lowest BCUT2D eigenvalue weighted by atomic mass is 10.2. The third kappa shape index (κ3) is 4.47. The second kappa shape index (κ2) is 6.99.